The molecule has 1 aliphatic heterocycles. The van der Waals surface area contributed by atoms with Gasteiger partial charge in [-0.25, -0.2) is 9.07 Å². The van der Waals surface area contributed by atoms with Crippen LogP contribution in [0.2, 0.25) is 0 Å². The molecule has 2 heterocycles. The summed E-state index contributed by atoms with van der Waals surface area (Å²) in [5, 5.41) is 10.6. The molecule has 5 nitrogen and oxygen atoms in total. The van der Waals surface area contributed by atoms with Gasteiger partial charge in [-0.2, -0.15) is 5.10 Å². The second kappa shape index (κ2) is 7.77. The largest absolute Gasteiger partial charge is 0.350 e. The maximum Gasteiger partial charge on any atom is 0.271 e. The molecule has 3 rings (SSSR count). The van der Waals surface area contributed by atoms with Crippen molar-refractivity contribution in [1.82, 2.24) is 20.4 Å². The summed E-state index contributed by atoms with van der Waals surface area (Å²) in [6.07, 6.45) is 3.81. The van der Waals surface area contributed by atoms with E-state index in [2.05, 4.69) is 22.7 Å². The van der Waals surface area contributed by atoms with Crippen LogP contribution in [0.25, 0.3) is 5.69 Å². The van der Waals surface area contributed by atoms with Crippen molar-refractivity contribution in [2.75, 3.05) is 19.6 Å². The fourth-order valence-electron chi connectivity index (χ4n) is 2.77. The van der Waals surface area contributed by atoms with E-state index < -0.39 is 0 Å². The molecule has 24 heavy (non-hydrogen) atoms. The maximum absolute atomic E-state index is 13.0. The van der Waals surface area contributed by atoms with E-state index >= 15 is 0 Å². The Morgan fingerprint density at radius 2 is 1.96 bits per heavy atom. The molecule has 0 unspecified atom stereocenters. The minimum absolute atomic E-state index is 0. The van der Waals surface area contributed by atoms with Gasteiger partial charge < -0.3 is 10.6 Å². The van der Waals surface area contributed by atoms with Crippen LogP contribution in [0.5, 0.6) is 0 Å². The molecule has 0 spiro atoms. The molecule has 1 amide bonds. The van der Waals surface area contributed by atoms with Crippen LogP contribution in [0.4, 0.5) is 4.39 Å². The summed E-state index contributed by atoms with van der Waals surface area (Å²) < 4.78 is 14.5. The van der Waals surface area contributed by atoms with Gasteiger partial charge in [0, 0.05) is 12.7 Å². The zero-order valence-corrected chi connectivity index (χ0v) is 14.4. The van der Waals surface area contributed by atoms with Crippen LogP contribution < -0.4 is 10.6 Å². The normalized spacial score (nSPS) is 16.2. The molecule has 130 valence electrons. The first-order valence-corrected chi connectivity index (χ1v) is 7.86. The molecule has 2 N–H and O–H groups in total. The average molecular weight is 353 g/mol. The number of amides is 1. The molecular weight excluding hydrogens is 331 g/mol. The average Bonchev–Trinajstić information content (AvgIpc) is 3.04. The van der Waals surface area contributed by atoms with Gasteiger partial charge in [-0.05, 0) is 61.7 Å². The van der Waals surface area contributed by atoms with Crippen LogP contribution in [-0.2, 0) is 0 Å². The van der Waals surface area contributed by atoms with E-state index in [0.717, 1.165) is 31.6 Å². The number of aromatic nitrogens is 2. The molecule has 0 bridgehead atoms. The summed E-state index contributed by atoms with van der Waals surface area (Å²) in [4.78, 5) is 12.3. The third-order valence-corrected chi connectivity index (χ3v) is 4.40. The first-order chi connectivity index (χ1) is 11.1. The number of carbonyl (C=O) groups is 1. The quantitative estimate of drug-likeness (QED) is 0.889. The van der Waals surface area contributed by atoms with E-state index in [1.54, 1.807) is 29.1 Å². The molecule has 0 saturated carbocycles. The SMILES string of the molecule is CC1(CNC(=O)c2ccn(-c3ccc(F)cc3)n2)CCNCC1.Cl. The van der Waals surface area contributed by atoms with Gasteiger partial charge in [0.25, 0.3) is 5.91 Å². The van der Waals surface area contributed by atoms with Crippen LogP contribution in [0.1, 0.15) is 30.3 Å². The van der Waals surface area contributed by atoms with Crippen molar-refractivity contribution in [3.8, 4) is 5.69 Å². The number of hydrogen-bond acceptors (Lipinski definition) is 3. The smallest absolute Gasteiger partial charge is 0.271 e. The number of nitrogens with zero attached hydrogens (tertiary/aromatic N) is 2. The van der Waals surface area contributed by atoms with E-state index in [4.69, 9.17) is 0 Å². The summed E-state index contributed by atoms with van der Waals surface area (Å²) in [6, 6.07) is 7.66. The molecule has 7 heteroatoms. The Morgan fingerprint density at radius 1 is 1.29 bits per heavy atom. The van der Waals surface area contributed by atoms with Crippen molar-refractivity contribution in [2.45, 2.75) is 19.8 Å². The second-order valence-corrected chi connectivity index (χ2v) is 6.37. The van der Waals surface area contributed by atoms with Gasteiger partial charge in [0.2, 0.25) is 0 Å². The highest BCUT2D eigenvalue weighted by Crippen LogP contribution is 2.26. The minimum Gasteiger partial charge on any atom is -0.350 e. The molecule has 1 saturated heterocycles. The van der Waals surface area contributed by atoms with Gasteiger partial charge in [-0.1, -0.05) is 6.92 Å². The molecule has 0 aliphatic carbocycles. The Morgan fingerprint density at radius 3 is 2.62 bits per heavy atom. The monoisotopic (exact) mass is 352 g/mol. The number of nitrogens with one attached hydrogen (secondary N) is 2. The fourth-order valence-corrected chi connectivity index (χ4v) is 2.77. The first kappa shape index (κ1) is 18.4. The lowest BCUT2D eigenvalue weighted by Crippen LogP contribution is -2.43. The van der Waals surface area contributed by atoms with Gasteiger partial charge in [0.1, 0.15) is 5.82 Å². The zero-order chi connectivity index (χ0) is 16.3. The Labute approximate surface area is 147 Å². The lowest BCUT2D eigenvalue weighted by atomic mass is 9.81. The van der Waals surface area contributed by atoms with E-state index in [1.807, 2.05) is 0 Å². The highest BCUT2D eigenvalue weighted by Gasteiger charge is 2.27. The lowest BCUT2D eigenvalue weighted by molar-refractivity contribution is 0.0917. The maximum atomic E-state index is 13.0. The molecule has 1 aromatic carbocycles. The molecule has 1 fully saturated rings. The van der Waals surface area contributed by atoms with Gasteiger partial charge >= 0.3 is 0 Å². The van der Waals surface area contributed by atoms with Gasteiger partial charge in [-0.15, -0.1) is 12.4 Å². The predicted molar refractivity (Wildman–Crippen MR) is 93.3 cm³/mol. The molecular formula is C17H22ClFN4O. The second-order valence-electron chi connectivity index (χ2n) is 6.37. The molecule has 2 aromatic rings. The Kier molecular flexibility index (Phi) is 5.96. The van der Waals surface area contributed by atoms with Crippen molar-refractivity contribution >= 4 is 18.3 Å². The summed E-state index contributed by atoms with van der Waals surface area (Å²) in [6.45, 7) is 4.83. The van der Waals surface area contributed by atoms with Gasteiger partial charge in [-0.3, -0.25) is 4.79 Å². The van der Waals surface area contributed by atoms with Crippen LogP contribution in [0, 0.1) is 11.2 Å². The Balaban J connectivity index is 0.00000208. The number of piperidine rings is 1. The highest BCUT2D eigenvalue weighted by molar-refractivity contribution is 5.92. The number of hydrogen-bond donors (Lipinski definition) is 2. The number of rotatable bonds is 4. The van der Waals surface area contributed by atoms with Crippen molar-refractivity contribution in [3.05, 3.63) is 48.0 Å². The highest BCUT2D eigenvalue weighted by atomic mass is 35.5. The third-order valence-electron chi connectivity index (χ3n) is 4.40. The summed E-state index contributed by atoms with van der Waals surface area (Å²) in [5.41, 5.74) is 1.23. The van der Waals surface area contributed by atoms with Crippen molar-refractivity contribution in [1.29, 1.82) is 0 Å². The van der Waals surface area contributed by atoms with Crippen molar-refractivity contribution < 1.29 is 9.18 Å². The van der Waals surface area contributed by atoms with Crippen molar-refractivity contribution in [2.24, 2.45) is 5.41 Å². The number of benzene rings is 1. The van der Waals surface area contributed by atoms with Crippen LogP contribution >= 0.6 is 12.4 Å². The summed E-state index contributed by atoms with van der Waals surface area (Å²) >= 11 is 0. The van der Waals surface area contributed by atoms with Crippen LogP contribution in [0.15, 0.2) is 36.5 Å². The Hall–Kier alpha value is -1.92. The first-order valence-electron chi connectivity index (χ1n) is 7.86. The standard InChI is InChI=1S/C17H21FN4O.ClH/c1-17(7-9-19-10-8-17)12-20-16(23)15-6-11-22(21-15)14-4-2-13(18)3-5-14;/h2-6,11,19H,7-10,12H2,1H3,(H,20,23);1H. The van der Waals surface area contributed by atoms with E-state index in [9.17, 15) is 9.18 Å². The number of halogens is 2. The topological polar surface area (TPSA) is 59.0 Å². The number of carbonyl (C=O) groups excluding carboxylic acids is 1. The third kappa shape index (κ3) is 4.33. The molecule has 1 aromatic heterocycles. The molecule has 1 aliphatic rings. The summed E-state index contributed by atoms with van der Waals surface area (Å²) in [7, 11) is 0. The predicted octanol–water partition coefficient (Wildman–Crippen LogP) is 2.55. The van der Waals surface area contributed by atoms with Gasteiger partial charge in [0.05, 0.1) is 5.69 Å². The van der Waals surface area contributed by atoms with Crippen LogP contribution in [0.3, 0.4) is 0 Å². The van der Waals surface area contributed by atoms with E-state index in [-0.39, 0.29) is 29.5 Å². The van der Waals surface area contributed by atoms with E-state index in [1.165, 1.54) is 12.1 Å². The Bertz CT molecular complexity index is 680. The minimum atomic E-state index is -0.297. The van der Waals surface area contributed by atoms with E-state index in [0.29, 0.717) is 12.2 Å². The zero-order valence-electron chi connectivity index (χ0n) is 13.6. The van der Waals surface area contributed by atoms with Crippen molar-refractivity contribution in [3.63, 3.8) is 0 Å². The lowest BCUT2D eigenvalue weighted by Gasteiger charge is -2.34. The molecule has 0 atom stereocenters. The van der Waals surface area contributed by atoms with Gasteiger partial charge in [0.15, 0.2) is 5.69 Å². The summed E-state index contributed by atoms with van der Waals surface area (Å²) in [5.74, 6) is -0.472. The fraction of sp³-hybridized carbons (Fsp3) is 0.412. The molecule has 0 radical (unpaired) electrons. The van der Waals surface area contributed by atoms with Crippen LogP contribution in [-0.4, -0.2) is 35.3 Å².